The van der Waals surface area contributed by atoms with Crippen LogP contribution in [-0.4, -0.2) is 54.1 Å². The fraction of sp³-hybridized carbons (Fsp3) is 0.500. The van der Waals surface area contributed by atoms with E-state index < -0.39 is 23.6 Å². The van der Waals surface area contributed by atoms with E-state index in [1.54, 1.807) is 31.2 Å². The number of carbonyl (C=O) groups is 4. The van der Waals surface area contributed by atoms with Crippen molar-refractivity contribution in [3.05, 3.63) is 29.8 Å². The van der Waals surface area contributed by atoms with E-state index in [2.05, 4.69) is 5.32 Å². The van der Waals surface area contributed by atoms with Crippen LogP contribution in [0.4, 0.5) is 0 Å². The zero-order valence-electron chi connectivity index (χ0n) is 16.1. The van der Waals surface area contributed by atoms with Crippen molar-refractivity contribution in [3.8, 4) is 5.75 Å². The summed E-state index contributed by atoms with van der Waals surface area (Å²) in [5.41, 5.74) is 5.54. The highest BCUT2D eigenvalue weighted by Crippen LogP contribution is 2.23. The monoisotopic (exact) mass is 389 g/mol. The zero-order chi connectivity index (χ0) is 20.5. The second kappa shape index (κ2) is 10.4. The molecule has 3 N–H and O–H groups in total. The average Bonchev–Trinajstić information content (AvgIpc) is 2.72. The van der Waals surface area contributed by atoms with Gasteiger partial charge in [0.1, 0.15) is 12.4 Å². The molecule has 2 rings (SSSR count). The van der Waals surface area contributed by atoms with E-state index in [1.165, 1.54) is 4.90 Å². The van der Waals surface area contributed by atoms with E-state index in [4.69, 9.17) is 10.5 Å². The van der Waals surface area contributed by atoms with Gasteiger partial charge in [0.05, 0.1) is 12.6 Å². The second-order valence-electron chi connectivity index (χ2n) is 6.88. The van der Waals surface area contributed by atoms with Crippen LogP contribution < -0.4 is 15.8 Å². The van der Waals surface area contributed by atoms with Crippen LogP contribution in [0.2, 0.25) is 0 Å². The summed E-state index contributed by atoms with van der Waals surface area (Å²) in [4.78, 5) is 48.4. The van der Waals surface area contributed by atoms with Gasteiger partial charge < -0.3 is 20.7 Å². The lowest BCUT2D eigenvalue weighted by atomic mass is 9.93. The molecule has 1 aliphatic rings. The molecule has 1 aromatic carbocycles. The van der Waals surface area contributed by atoms with Gasteiger partial charge in [-0.25, -0.2) is 0 Å². The molecule has 0 spiro atoms. The molecule has 3 amide bonds. The first-order valence-corrected chi connectivity index (χ1v) is 9.51. The van der Waals surface area contributed by atoms with Crippen molar-refractivity contribution in [1.29, 1.82) is 0 Å². The third-order valence-electron chi connectivity index (χ3n) is 4.96. The molecule has 8 nitrogen and oxygen atoms in total. The molecule has 1 atom stereocenters. The Labute approximate surface area is 164 Å². The molecule has 0 aliphatic heterocycles. The summed E-state index contributed by atoms with van der Waals surface area (Å²) in [7, 11) is 0. The average molecular weight is 389 g/mol. The molecule has 0 radical (unpaired) electrons. The van der Waals surface area contributed by atoms with E-state index in [1.807, 2.05) is 0 Å². The maximum atomic E-state index is 12.4. The minimum Gasteiger partial charge on any atom is -0.492 e. The number of amides is 3. The third-order valence-corrected chi connectivity index (χ3v) is 4.96. The lowest BCUT2D eigenvalue weighted by Crippen LogP contribution is -2.50. The number of Topliss-reactive ketones (excluding diaryl/α,β-unsaturated/α-hetero) is 1. The third kappa shape index (κ3) is 5.80. The number of nitrogens with two attached hydrogens (primary N) is 1. The number of carbonyl (C=O) groups excluding carboxylic acids is 4. The second-order valence-corrected chi connectivity index (χ2v) is 6.88. The Morgan fingerprint density at radius 3 is 2.43 bits per heavy atom. The molecule has 0 bridgehead atoms. The van der Waals surface area contributed by atoms with Gasteiger partial charge in [0, 0.05) is 11.6 Å². The summed E-state index contributed by atoms with van der Waals surface area (Å²) >= 11 is 0. The van der Waals surface area contributed by atoms with Crippen LogP contribution in [-0.2, 0) is 14.4 Å². The summed E-state index contributed by atoms with van der Waals surface area (Å²) in [5, 5.41) is 2.51. The van der Waals surface area contributed by atoms with Gasteiger partial charge >= 0.3 is 0 Å². The fourth-order valence-corrected chi connectivity index (χ4v) is 3.33. The summed E-state index contributed by atoms with van der Waals surface area (Å²) in [6.07, 6.45) is 5.59. The number of ketones is 1. The van der Waals surface area contributed by atoms with E-state index in [-0.39, 0.29) is 19.2 Å². The highest BCUT2D eigenvalue weighted by molar-refractivity contribution is 6.38. The van der Waals surface area contributed by atoms with Crippen molar-refractivity contribution in [1.82, 2.24) is 10.2 Å². The van der Waals surface area contributed by atoms with Crippen LogP contribution in [0.5, 0.6) is 5.75 Å². The standard InChI is InChI=1S/C20H27N3O5/c1-14(23(13-24)16-5-3-2-4-6-16)18(25)20(27)22-11-12-28-17-9-7-15(8-10-17)19(21)26/h7-10,13-14,16H,2-6,11-12H2,1H3,(H2,21,26)(H,22,27). The molecule has 0 saturated heterocycles. The summed E-state index contributed by atoms with van der Waals surface area (Å²) in [6, 6.07) is 5.51. The Hall–Kier alpha value is -2.90. The normalized spacial score (nSPS) is 15.3. The predicted molar refractivity (Wildman–Crippen MR) is 103 cm³/mol. The molecule has 1 aromatic rings. The zero-order valence-corrected chi connectivity index (χ0v) is 16.1. The van der Waals surface area contributed by atoms with Crippen LogP contribution >= 0.6 is 0 Å². The summed E-state index contributed by atoms with van der Waals surface area (Å²) < 4.78 is 5.45. The topological polar surface area (TPSA) is 119 Å². The molecule has 1 fully saturated rings. The van der Waals surface area contributed by atoms with Gasteiger partial charge in [-0.05, 0) is 44.0 Å². The Morgan fingerprint density at radius 2 is 1.86 bits per heavy atom. The number of benzene rings is 1. The maximum absolute atomic E-state index is 12.4. The SMILES string of the molecule is CC(C(=O)C(=O)NCCOc1ccc(C(N)=O)cc1)N(C=O)C1CCCCC1. The molecule has 1 unspecified atom stereocenters. The molecule has 28 heavy (non-hydrogen) atoms. The van der Waals surface area contributed by atoms with E-state index in [9.17, 15) is 19.2 Å². The highest BCUT2D eigenvalue weighted by atomic mass is 16.5. The predicted octanol–water partition coefficient (Wildman–Crippen LogP) is 1.03. The van der Waals surface area contributed by atoms with Crippen molar-refractivity contribution >= 4 is 24.0 Å². The van der Waals surface area contributed by atoms with Crippen LogP contribution in [0.1, 0.15) is 49.4 Å². The Balaban J connectivity index is 1.77. The van der Waals surface area contributed by atoms with Crippen molar-refractivity contribution in [2.75, 3.05) is 13.2 Å². The fourth-order valence-electron chi connectivity index (χ4n) is 3.33. The quantitative estimate of drug-likeness (QED) is 0.352. The molecule has 152 valence electrons. The van der Waals surface area contributed by atoms with Gasteiger partial charge in [-0.1, -0.05) is 19.3 Å². The molecular formula is C20H27N3O5. The van der Waals surface area contributed by atoms with E-state index >= 15 is 0 Å². The van der Waals surface area contributed by atoms with Gasteiger partial charge in [0.15, 0.2) is 0 Å². The van der Waals surface area contributed by atoms with Crippen LogP contribution in [0, 0.1) is 0 Å². The highest BCUT2D eigenvalue weighted by Gasteiger charge is 2.31. The number of rotatable bonds is 10. The smallest absolute Gasteiger partial charge is 0.289 e. The Morgan fingerprint density at radius 1 is 1.21 bits per heavy atom. The van der Waals surface area contributed by atoms with Crippen LogP contribution in [0.3, 0.4) is 0 Å². The molecule has 0 aromatic heterocycles. The number of hydrogen-bond donors (Lipinski definition) is 2. The molecule has 1 saturated carbocycles. The summed E-state index contributed by atoms with van der Waals surface area (Å²) in [6.45, 7) is 1.88. The van der Waals surface area contributed by atoms with Gasteiger partial charge in [-0.3, -0.25) is 19.2 Å². The lowest BCUT2D eigenvalue weighted by Gasteiger charge is -2.34. The molecule has 1 aliphatic carbocycles. The first kappa shape index (κ1) is 21.4. The number of nitrogens with zero attached hydrogens (tertiary/aromatic N) is 1. The first-order valence-electron chi connectivity index (χ1n) is 9.51. The van der Waals surface area contributed by atoms with Crippen molar-refractivity contribution in [2.24, 2.45) is 5.73 Å². The minimum absolute atomic E-state index is 0.0182. The van der Waals surface area contributed by atoms with Gasteiger partial charge in [0.25, 0.3) is 5.91 Å². The van der Waals surface area contributed by atoms with Crippen molar-refractivity contribution in [2.45, 2.75) is 51.1 Å². The maximum Gasteiger partial charge on any atom is 0.289 e. The van der Waals surface area contributed by atoms with Gasteiger partial charge in [0.2, 0.25) is 18.1 Å². The van der Waals surface area contributed by atoms with Crippen molar-refractivity contribution in [3.63, 3.8) is 0 Å². The largest absolute Gasteiger partial charge is 0.492 e. The lowest BCUT2D eigenvalue weighted by molar-refractivity contribution is -0.143. The van der Waals surface area contributed by atoms with E-state index in [0.717, 1.165) is 32.1 Å². The first-order chi connectivity index (χ1) is 13.4. The van der Waals surface area contributed by atoms with Crippen LogP contribution in [0.25, 0.3) is 0 Å². The molecule has 0 heterocycles. The number of hydrogen-bond acceptors (Lipinski definition) is 5. The van der Waals surface area contributed by atoms with Gasteiger partial charge in [-0.2, -0.15) is 0 Å². The molecular weight excluding hydrogens is 362 g/mol. The number of primary amides is 1. The minimum atomic E-state index is -0.789. The summed E-state index contributed by atoms with van der Waals surface area (Å²) in [5.74, 6) is -1.38. The number of ether oxygens (including phenoxy) is 1. The Bertz CT molecular complexity index is 698. The van der Waals surface area contributed by atoms with Gasteiger partial charge in [-0.15, -0.1) is 0 Å². The Kier molecular flexibility index (Phi) is 7.98. The van der Waals surface area contributed by atoms with Crippen LogP contribution in [0.15, 0.2) is 24.3 Å². The number of nitrogens with one attached hydrogen (secondary N) is 1. The molecule has 8 heteroatoms. The van der Waals surface area contributed by atoms with E-state index in [0.29, 0.717) is 17.7 Å². The van der Waals surface area contributed by atoms with Crippen molar-refractivity contribution < 1.29 is 23.9 Å².